The van der Waals surface area contributed by atoms with Crippen LogP contribution in [0.1, 0.15) is 98.8 Å². The number of hydrogen-bond donors (Lipinski definition) is 0. The van der Waals surface area contributed by atoms with E-state index in [2.05, 4.69) is 20.4 Å². The minimum absolute atomic E-state index is 0.0425. The van der Waals surface area contributed by atoms with E-state index in [0.717, 1.165) is 44.9 Å². The summed E-state index contributed by atoms with van der Waals surface area (Å²) in [7, 11) is 0. The molecule has 0 heterocycles. The number of ether oxygens (including phenoxy) is 3. The molecule has 160 valence electrons. The lowest BCUT2D eigenvalue weighted by molar-refractivity contribution is -0.171. The molecule has 0 rings (SSSR count). The molecule has 0 fully saturated rings. The van der Waals surface area contributed by atoms with Gasteiger partial charge >= 0.3 is 5.97 Å². The van der Waals surface area contributed by atoms with Gasteiger partial charge in [0.05, 0.1) is 0 Å². The van der Waals surface area contributed by atoms with Crippen molar-refractivity contribution in [2.24, 2.45) is 5.92 Å². The van der Waals surface area contributed by atoms with Crippen LogP contribution in [0.3, 0.4) is 0 Å². The van der Waals surface area contributed by atoms with Gasteiger partial charge in [-0.1, -0.05) is 52.5 Å². The molecule has 0 aromatic rings. The molecule has 2 atom stereocenters. The fourth-order valence-corrected chi connectivity index (χ4v) is 3.24. The van der Waals surface area contributed by atoms with Gasteiger partial charge in [0.25, 0.3) is 0 Å². The molecule has 0 N–H and O–H groups in total. The first-order valence-corrected chi connectivity index (χ1v) is 11.1. The van der Waals surface area contributed by atoms with Gasteiger partial charge in [-0.3, -0.25) is 0 Å². The maximum absolute atomic E-state index is 12.0. The highest BCUT2D eigenvalue weighted by molar-refractivity contribution is 5.87. The SMILES string of the molecule is C=C(C)C(=O)OC(CCCCCC)CCC(CCCC)C(OCC)OCC. The minimum atomic E-state index is -0.272. The smallest absolute Gasteiger partial charge is 0.333 e. The summed E-state index contributed by atoms with van der Waals surface area (Å²) in [6.45, 7) is 15.2. The quantitative estimate of drug-likeness (QED) is 0.118. The topological polar surface area (TPSA) is 44.8 Å². The molecule has 0 radical (unpaired) electrons. The molecule has 27 heavy (non-hydrogen) atoms. The zero-order valence-electron chi connectivity index (χ0n) is 18.6. The van der Waals surface area contributed by atoms with Crippen LogP contribution in [0.5, 0.6) is 0 Å². The van der Waals surface area contributed by atoms with Gasteiger partial charge in [-0.05, 0) is 52.9 Å². The molecule has 2 unspecified atom stereocenters. The van der Waals surface area contributed by atoms with Gasteiger partial charge < -0.3 is 14.2 Å². The minimum Gasteiger partial charge on any atom is -0.459 e. The predicted molar refractivity (Wildman–Crippen MR) is 113 cm³/mol. The highest BCUT2D eigenvalue weighted by Gasteiger charge is 2.24. The Labute approximate surface area is 168 Å². The van der Waals surface area contributed by atoms with Crippen molar-refractivity contribution in [2.75, 3.05) is 13.2 Å². The van der Waals surface area contributed by atoms with E-state index < -0.39 is 0 Å². The Hall–Kier alpha value is -0.870. The maximum Gasteiger partial charge on any atom is 0.333 e. The Morgan fingerprint density at radius 1 is 0.815 bits per heavy atom. The zero-order valence-corrected chi connectivity index (χ0v) is 18.6. The second-order valence-electron chi connectivity index (χ2n) is 7.42. The molecule has 0 aromatic heterocycles. The van der Waals surface area contributed by atoms with E-state index in [1.165, 1.54) is 19.3 Å². The molecule has 0 bridgehead atoms. The number of rotatable bonds is 18. The summed E-state index contributed by atoms with van der Waals surface area (Å²) in [6, 6.07) is 0. The first-order chi connectivity index (χ1) is 13.0. The van der Waals surface area contributed by atoms with E-state index in [0.29, 0.717) is 24.7 Å². The normalized spacial score (nSPS) is 13.6. The van der Waals surface area contributed by atoms with E-state index in [4.69, 9.17) is 14.2 Å². The average molecular weight is 385 g/mol. The number of hydrogen-bond acceptors (Lipinski definition) is 4. The van der Waals surface area contributed by atoms with Gasteiger partial charge in [0.1, 0.15) is 6.10 Å². The number of unbranched alkanes of at least 4 members (excludes halogenated alkanes) is 4. The van der Waals surface area contributed by atoms with Crippen LogP contribution in [-0.2, 0) is 19.0 Å². The highest BCUT2D eigenvalue weighted by atomic mass is 16.7. The zero-order chi connectivity index (χ0) is 20.5. The van der Waals surface area contributed by atoms with Crippen LogP contribution in [0.4, 0.5) is 0 Å². The first-order valence-electron chi connectivity index (χ1n) is 11.1. The van der Waals surface area contributed by atoms with Crippen LogP contribution in [0.25, 0.3) is 0 Å². The third kappa shape index (κ3) is 13.0. The van der Waals surface area contributed by atoms with Crippen molar-refractivity contribution in [3.8, 4) is 0 Å². The summed E-state index contributed by atoms with van der Waals surface area (Å²) in [5.41, 5.74) is 0.470. The monoisotopic (exact) mass is 384 g/mol. The lowest BCUT2D eigenvalue weighted by Gasteiger charge is -2.28. The Morgan fingerprint density at radius 3 is 1.96 bits per heavy atom. The summed E-state index contributed by atoms with van der Waals surface area (Å²) < 4.78 is 17.5. The van der Waals surface area contributed by atoms with Gasteiger partial charge in [0, 0.05) is 24.7 Å². The Morgan fingerprint density at radius 2 is 1.44 bits per heavy atom. The van der Waals surface area contributed by atoms with E-state index in [9.17, 15) is 4.79 Å². The molecule has 0 aliphatic rings. The molecule has 0 aliphatic carbocycles. The maximum atomic E-state index is 12.0. The fourth-order valence-electron chi connectivity index (χ4n) is 3.24. The summed E-state index contributed by atoms with van der Waals surface area (Å²) in [4.78, 5) is 12.0. The van der Waals surface area contributed by atoms with E-state index in [-0.39, 0.29) is 18.4 Å². The van der Waals surface area contributed by atoms with Gasteiger partial charge in [0.15, 0.2) is 6.29 Å². The van der Waals surface area contributed by atoms with E-state index >= 15 is 0 Å². The third-order valence-electron chi connectivity index (χ3n) is 4.84. The van der Waals surface area contributed by atoms with Gasteiger partial charge in [-0.15, -0.1) is 0 Å². The molecule has 4 heteroatoms. The van der Waals surface area contributed by atoms with Gasteiger partial charge in [-0.25, -0.2) is 4.79 Å². The molecular formula is C23H44O4. The van der Waals surface area contributed by atoms with Crippen LogP contribution in [0, 0.1) is 5.92 Å². The summed E-state index contributed by atoms with van der Waals surface area (Å²) in [5, 5.41) is 0. The largest absolute Gasteiger partial charge is 0.459 e. The summed E-state index contributed by atoms with van der Waals surface area (Å²) >= 11 is 0. The van der Waals surface area contributed by atoms with Crippen LogP contribution >= 0.6 is 0 Å². The van der Waals surface area contributed by atoms with Crippen molar-refractivity contribution in [3.63, 3.8) is 0 Å². The second-order valence-corrected chi connectivity index (χ2v) is 7.42. The fraction of sp³-hybridized carbons (Fsp3) is 0.870. The first kappa shape index (κ1) is 26.1. The second kappa shape index (κ2) is 17.2. The number of esters is 1. The molecule has 4 nitrogen and oxygen atoms in total. The molecule has 0 saturated carbocycles. The van der Waals surface area contributed by atoms with Crippen LogP contribution in [0.2, 0.25) is 0 Å². The summed E-state index contributed by atoms with van der Waals surface area (Å²) in [5.74, 6) is 0.0679. The number of carbonyl (C=O) groups excluding carboxylic acids is 1. The van der Waals surface area contributed by atoms with Gasteiger partial charge in [-0.2, -0.15) is 0 Å². The molecular weight excluding hydrogens is 340 g/mol. The van der Waals surface area contributed by atoms with Crippen molar-refractivity contribution in [3.05, 3.63) is 12.2 Å². The molecule has 0 aliphatic heterocycles. The predicted octanol–water partition coefficient (Wildman–Crippen LogP) is 6.43. The Bertz CT molecular complexity index is 375. The van der Waals surface area contributed by atoms with Crippen LogP contribution < -0.4 is 0 Å². The lowest BCUT2D eigenvalue weighted by atomic mass is 9.93. The van der Waals surface area contributed by atoms with E-state index in [1.807, 2.05) is 13.8 Å². The average Bonchev–Trinajstić information content (AvgIpc) is 2.64. The Balaban J connectivity index is 4.85. The van der Waals surface area contributed by atoms with Crippen LogP contribution in [-0.4, -0.2) is 31.6 Å². The van der Waals surface area contributed by atoms with Crippen molar-refractivity contribution in [1.29, 1.82) is 0 Å². The van der Waals surface area contributed by atoms with Crippen molar-refractivity contribution < 1.29 is 19.0 Å². The lowest BCUT2D eigenvalue weighted by Crippen LogP contribution is -2.29. The Kier molecular flexibility index (Phi) is 16.7. The summed E-state index contributed by atoms with van der Waals surface area (Å²) in [6.07, 6.45) is 10.7. The van der Waals surface area contributed by atoms with Crippen molar-refractivity contribution in [1.82, 2.24) is 0 Å². The molecule has 0 aromatic carbocycles. The van der Waals surface area contributed by atoms with Crippen LogP contribution in [0.15, 0.2) is 12.2 Å². The highest BCUT2D eigenvalue weighted by Crippen LogP contribution is 2.25. The number of carbonyl (C=O) groups is 1. The van der Waals surface area contributed by atoms with E-state index in [1.54, 1.807) is 6.92 Å². The molecule has 0 spiro atoms. The molecule has 0 amide bonds. The third-order valence-corrected chi connectivity index (χ3v) is 4.84. The molecule has 0 saturated heterocycles. The van der Waals surface area contributed by atoms with Gasteiger partial charge in [0.2, 0.25) is 0 Å². The van der Waals surface area contributed by atoms with Crippen molar-refractivity contribution >= 4 is 5.97 Å². The standard InChI is InChI=1S/C23H44O4/c1-7-11-13-14-16-21(27-22(24)19(5)6)18-17-20(15-12-8-2)23(25-9-3)26-10-4/h20-21,23H,5,7-18H2,1-4,6H3. The van der Waals surface area contributed by atoms with Crippen molar-refractivity contribution in [2.45, 2.75) is 111 Å².